The van der Waals surface area contributed by atoms with Crippen LogP contribution in [-0.2, 0) is 6.54 Å². The summed E-state index contributed by atoms with van der Waals surface area (Å²) in [6, 6.07) is 17.1. The topological polar surface area (TPSA) is 54.9 Å². The fourth-order valence-electron chi connectivity index (χ4n) is 2.18. The van der Waals surface area contributed by atoms with Crippen molar-refractivity contribution in [1.82, 2.24) is 15.3 Å². The smallest absolute Gasteiger partial charge is 0.251 e. The standard InChI is InChI=1S/C19H17N3O/c1-14-5-8-16(9-6-14)19(23)22-13-15-7-10-18(21-12-15)17-4-2-3-11-20-17/h2-12H,13H2,1H3,(H,22,23). The van der Waals surface area contributed by atoms with Crippen molar-refractivity contribution in [1.29, 1.82) is 0 Å². The van der Waals surface area contributed by atoms with Crippen LogP contribution in [0.15, 0.2) is 67.0 Å². The summed E-state index contributed by atoms with van der Waals surface area (Å²) < 4.78 is 0. The number of aryl methyl sites for hydroxylation is 1. The van der Waals surface area contributed by atoms with Gasteiger partial charge in [0.05, 0.1) is 11.4 Å². The van der Waals surface area contributed by atoms with Gasteiger partial charge < -0.3 is 5.32 Å². The van der Waals surface area contributed by atoms with E-state index in [2.05, 4.69) is 15.3 Å². The van der Waals surface area contributed by atoms with Crippen molar-refractivity contribution in [3.63, 3.8) is 0 Å². The molecule has 0 saturated heterocycles. The molecule has 0 unspecified atom stereocenters. The Bertz CT molecular complexity index is 781. The first kappa shape index (κ1) is 14.9. The Morgan fingerprint density at radius 1 is 0.957 bits per heavy atom. The van der Waals surface area contributed by atoms with Gasteiger partial charge in [-0.25, -0.2) is 0 Å². The number of aromatic nitrogens is 2. The molecule has 2 heterocycles. The van der Waals surface area contributed by atoms with Crippen molar-refractivity contribution >= 4 is 5.91 Å². The highest BCUT2D eigenvalue weighted by atomic mass is 16.1. The predicted octanol–water partition coefficient (Wildman–Crippen LogP) is 3.38. The number of pyridine rings is 2. The zero-order chi connectivity index (χ0) is 16.1. The molecule has 2 aromatic heterocycles. The number of benzene rings is 1. The highest BCUT2D eigenvalue weighted by Crippen LogP contribution is 2.13. The molecule has 0 saturated carbocycles. The summed E-state index contributed by atoms with van der Waals surface area (Å²) in [6.07, 6.45) is 3.51. The molecule has 3 aromatic rings. The second kappa shape index (κ2) is 6.83. The van der Waals surface area contributed by atoms with Gasteiger partial charge in [0.2, 0.25) is 0 Å². The number of amides is 1. The quantitative estimate of drug-likeness (QED) is 0.804. The zero-order valence-electron chi connectivity index (χ0n) is 12.9. The second-order valence-corrected chi connectivity index (χ2v) is 5.32. The van der Waals surface area contributed by atoms with Gasteiger partial charge in [-0.05, 0) is 42.8 Å². The molecular formula is C19H17N3O. The van der Waals surface area contributed by atoms with Crippen LogP contribution in [0.2, 0.25) is 0 Å². The summed E-state index contributed by atoms with van der Waals surface area (Å²) in [5.74, 6) is -0.0844. The molecule has 0 fully saturated rings. The normalized spacial score (nSPS) is 10.3. The Labute approximate surface area is 135 Å². The van der Waals surface area contributed by atoms with Gasteiger partial charge in [-0.3, -0.25) is 14.8 Å². The molecule has 1 N–H and O–H groups in total. The molecule has 1 aromatic carbocycles. The monoisotopic (exact) mass is 303 g/mol. The van der Waals surface area contributed by atoms with Crippen molar-refractivity contribution in [3.05, 3.63) is 83.7 Å². The van der Waals surface area contributed by atoms with Crippen LogP contribution in [0.25, 0.3) is 11.4 Å². The van der Waals surface area contributed by atoms with Gasteiger partial charge in [-0.15, -0.1) is 0 Å². The minimum Gasteiger partial charge on any atom is -0.348 e. The number of carbonyl (C=O) groups excluding carboxylic acids is 1. The van der Waals surface area contributed by atoms with E-state index in [9.17, 15) is 4.79 Å². The third kappa shape index (κ3) is 3.80. The van der Waals surface area contributed by atoms with Crippen molar-refractivity contribution in [2.45, 2.75) is 13.5 Å². The molecule has 0 radical (unpaired) electrons. The van der Waals surface area contributed by atoms with Crippen LogP contribution in [0.3, 0.4) is 0 Å². The van der Waals surface area contributed by atoms with E-state index in [0.29, 0.717) is 12.1 Å². The lowest BCUT2D eigenvalue weighted by molar-refractivity contribution is 0.0951. The first-order valence-corrected chi connectivity index (χ1v) is 7.43. The first-order valence-electron chi connectivity index (χ1n) is 7.43. The van der Waals surface area contributed by atoms with Gasteiger partial charge in [0.1, 0.15) is 0 Å². The largest absolute Gasteiger partial charge is 0.348 e. The summed E-state index contributed by atoms with van der Waals surface area (Å²) in [4.78, 5) is 20.7. The Balaban J connectivity index is 1.62. The Kier molecular flexibility index (Phi) is 4.43. The van der Waals surface area contributed by atoms with Crippen LogP contribution < -0.4 is 5.32 Å². The molecule has 4 nitrogen and oxygen atoms in total. The molecule has 4 heteroatoms. The van der Waals surface area contributed by atoms with E-state index in [1.807, 2.05) is 61.5 Å². The van der Waals surface area contributed by atoms with E-state index >= 15 is 0 Å². The molecule has 0 aliphatic carbocycles. The van der Waals surface area contributed by atoms with E-state index in [0.717, 1.165) is 22.5 Å². The average Bonchev–Trinajstić information content (AvgIpc) is 2.61. The summed E-state index contributed by atoms with van der Waals surface area (Å²) in [7, 11) is 0. The van der Waals surface area contributed by atoms with Crippen molar-refractivity contribution in [2.24, 2.45) is 0 Å². The maximum atomic E-state index is 12.1. The lowest BCUT2D eigenvalue weighted by Gasteiger charge is -2.06. The third-order valence-corrected chi connectivity index (χ3v) is 3.52. The molecule has 3 rings (SSSR count). The summed E-state index contributed by atoms with van der Waals surface area (Å²) in [6.45, 7) is 2.44. The highest BCUT2D eigenvalue weighted by Gasteiger charge is 2.05. The van der Waals surface area contributed by atoms with E-state index < -0.39 is 0 Å². The van der Waals surface area contributed by atoms with Crippen LogP contribution in [0.5, 0.6) is 0 Å². The van der Waals surface area contributed by atoms with E-state index in [1.54, 1.807) is 12.4 Å². The number of rotatable bonds is 4. The van der Waals surface area contributed by atoms with Crippen LogP contribution in [0.4, 0.5) is 0 Å². The van der Waals surface area contributed by atoms with Crippen LogP contribution in [0, 0.1) is 6.92 Å². The fraction of sp³-hybridized carbons (Fsp3) is 0.105. The second-order valence-electron chi connectivity index (χ2n) is 5.32. The number of carbonyl (C=O) groups is 1. The van der Waals surface area contributed by atoms with Crippen molar-refractivity contribution in [2.75, 3.05) is 0 Å². The maximum absolute atomic E-state index is 12.1. The van der Waals surface area contributed by atoms with E-state index in [4.69, 9.17) is 0 Å². The first-order chi connectivity index (χ1) is 11.2. The maximum Gasteiger partial charge on any atom is 0.251 e. The summed E-state index contributed by atoms with van der Waals surface area (Å²) in [5, 5.41) is 2.90. The van der Waals surface area contributed by atoms with E-state index in [-0.39, 0.29) is 5.91 Å². The molecule has 23 heavy (non-hydrogen) atoms. The lowest BCUT2D eigenvalue weighted by Crippen LogP contribution is -2.22. The van der Waals surface area contributed by atoms with Gasteiger partial charge in [0, 0.05) is 24.5 Å². The molecule has 0 spiro atoms. The van der Waals surface area contributed by atoms with Crippen LogP contribution in [0.1, 0.15) is 21.5 Å². The van der Waals surface area contributed by atoms with Gasteiger partial charge >= 0.3 is 0 Å². The fourth-order valence-corrected chi connectivity index (χ4v) is 2.18. The number of nitrogens with zero attached hydrogens (tertiary/aromatic N) is 2. The third-order valence-electron chi connectivity index (χ3n) is 3.52. The highest BCUT2D eigenvalue weighted by molar-refractivity contribution is 5.94. The Hall–Kier alpha value is -3.01. The molecule has 0 aliphatic heterocycles. The Morgan fingerprint density at radius 3 is 2.39 bits per heavy atom. The zero-order valence-corrected chi connectivity index (χ0v) is 12.9. The SMILES string of the molecule is Cc1ccc(C(=O)NCc2ccc(-c3ccccn3)nc2)cc1. The van der Waals surface area contributed by atoms with Crippen molar-refractivity contribution < 1.29 is 4.79 Å². The molecule has 1 amide bonds. The number of nitrogens with one attached hydrogen (secondary N) is 1. The molecule has 0 bridgehead atoms. The predicted molar refractivity (Wildman–Crippen MR) is 89.8 cm³/mol. The van der Waals surface area contributed by atoms with Gasteiger partial charge in [0.25, 0.3) is 5.91 Å². The molecule has 0 atom stereocenters. The van der Waals surface area contributed by atoms with Gasteiger partial charge in [-0.1, -0.05) is 29.8 Å². The lowest BCUT2D eigenvalue weighted by atomic mass is 10.1. The van der Waals surface area contributed by atoms with Gasteiger partial charge in [-0.2, -0.15) is 0 Å². The molecule has 114 valence electrons. The van der Waals surface area contributed by atoms with Crippen LogP contribution >= 0.6 is 0 Å². The van der Waals surface area contributed by atoms with Crippen molar-refractivity contribution in [3.8, 4) is 11.4 Å². The minimum atomic E-state index is -0.0844. The Morgan fingerprint density at radius 2 is 1.74 bits per heavy atom. The average molecular weight is 303 g/mol. The summed E-state index contributed by atoms with van der Waals surface area (Å²) in [5.41, 5.74) is 4.40. The van der Waals surface area contributed by atoms with Crippen LogP contribution in [-0.4, -0.2) is 15.9 Å². The molecule has 0 aliphatic rings. The minimum absolute atomic E-state index is 0.0844. The number of hydrogen-bond acceptors (Lipinski definition) is 3. The van der Waals surface area contributed by atoms with E-state index in [1.165, 1.54) is 0 Å². The molecular weight excluding hydrogens is 286 g/mol. The summed E-state index contributed by atoms with van der Waals surface area (Å²) >= 11 is 0. The van der Waals surface area contributed by atoms with Gasteiger partial charge in [0.15, 0.2) is 0 Å². The number of hydrogen-bond donors (Lipinski definition) is 1.